The Bertz CT molecular complexity index is 438. The van der Waals surface area contributed by atoms with Crippen LogP contribution in [0.2, 0.25) is 6.04 Å². The van der Waals surface area contributed by atoms with E-state index in [-0.39, 0.29) is 0 Å². The molecule has 1 heterocycles. The molecule has 0 N–H and O–H groups in total. The molecule has 0 nitrogen and oxygen atoms in total. The molecular formula is C19H30S2Si. The molecule has 0 aromatic heterocycles. The lowest BCUT2D eigenvalue weighted by Crippen LogP contribution is -2.51. The summed E-state index contributed by atoms with van der Waals surface area (Å²) in [5.74, 6) is 3.51. The lowest BCUT2D eigenvalue weighted by Gasteiger charge is -2.43. The number of benzene rings is 1. The van der Waals surface area contributed by atoms with Crippen LogP contribution in [0.25, 0.3) is 0 Å². The van der Waals surface area contributed by atoms with Crippen LogP contribution in [0.1, 0.15) is 39.5 Å². The molecule has 0 aliphatic carbocycles. The highest BCUT2D eigenvalue weighted by atomic mass is 32.2. The molecule has 1 aromatic rings. The van der Waals surface area contributed by atoms with E-state index in [4.69, 9.17) is 0 Å². The molecule has 1 saturated heterocycles. The van der Waals surface area contributed by atoms with Gasteiger partial charge in [0.05, 0.1) is 3.70 Å². The second kappa shape index (κ2) is 9.24. The van der Waals surface area contributed by atoms with Gasteiger partial charge in [0, 0.05) is 0 Å². The number of hydrogen-bond donors (Lipinski definition) is 0. The second-order valence-corrected chi connectivity index (χ2v) is 13.9. The van der Waals surface area contributed by atoms with Gasteiger partial charge in [0.25, 0.3) is 0 Å². The second-order valence-electron chi connectivity index (χ2n) is 6.64. The van der Waals surface area contributed by atoms with Gasteiger partial charge in [-0.3, -0.25) is 0 Å². The van der Waals surface area contributed by atoms with E-state index >= 15 is 0 Å². The molecule has 1 aliphatic rings. The molecule has 2 rings (SSSR count). The van der Waals surface area contributed by atoms with E-state index in [0.717, 1.165) is 5.92 Å². The topological polar surface area (TPSA) is 0 Å². The number of hydrogen-bond acceptors (Lipinski definition) is 2. The van der Waals surface area contributed by atoms with Crippen LogP contribution in [-0.2, 0) is 0 Å². The van der Waals surface area contributed by atoms with E-state index in [0.29, 0.717) is 3.70 Å². The summed E-state index contributed by atoms with van der Waals surface area (Å²) in [5.41, 5.74) is 0. The Morgan fingerprint density at radius 2 is 1.91 bits per heavy atom. The van der Waals surface area contributed by atoms with Gasteiger partial charge < -0.3 is 0 Å². The number of thioether (sulfide) groups is 2. The van der Waals surface area contributed by atoms with Crippen LogP contribution < -0.4 is 5.19 Å². The minimum Gasteiger partial charge on any atom is -0.148 e. The largest absolute Gasteiger partial charge is 0.148 e. The zero-order chi connectivity index (χ0) is 15.8. The lowest BCUT2D eigenvalue weighted by atomic mass is 10.2. The van der Waals surface area contributed by atoms with Crippen LogP contribution in [0.4, 0.5) is 0 Å². The maximum absolute atomic E-state index is 3.91. The van der Waals surface area contributed by atoms with Crippen molar-refractivity contribution in [1.29, 1.82) is 0 Å². The molecule has 122 valence electrons. The Hall–Kier alpha value is -0.123. The average molecular weight is 351 g/mol. The van der Waals surface area contributed by atoms with Gasteiger partial charge in [-0.05, 0) is 36.7 Å². The highest BCUT2D eigenvalue weighted by Crippen LogP contribution is 2.49. The fourth-order valence-electron chi connectivity index (χ4n) is 3.41. The minimum atomic E-state index is -1.02. The first-order valence-electron chi connectivity index (χ1n) is 8.61. The van der Waals surface area contributed by atoms with Gasteiger partial charge in [-0.25, -0.2) is 0 Å². The zero-order valence-corrected chi connectivity index (χ0v) is 16.9. The maximum Gasteiger partial charge on any atom is 0.101 e. The Morgan fingerprint density at radius 3 is 2.50 bits per heavy atom. The monoisotopic (exact) mass is 350 g/mol. The highest BCUT2D eigenvalue weighted by Gasteiger charge is 2.43. The zero-order valence-electron chi connectivity index (χ0n) is 14.1. The summed E-state index contributed by atoms with van der Waals surface area (Å²) in [4.78, 5) is 0. The first kappa shape index (κ1) is 18.2. The molecule has 0 saturated carbocycles. The third-order valence-corrected chi connectivity index (χ3v) is 13.5. The predicted molar refractivity (Wildman–Crippen MR) is 109 cm³/mol. The van der Waals surface area contributed by atoms with Crippen molar-refractivity contribution in [1.82, 2.24) is 0 Å². The summed E-state index contributed by atoms with van der Waals surface area (Å²) in [5, 5.41) is 1.68. The average Bonchev–Trinajstić information content (AvgIpc) is 2.52. The first-order valence-corrected chi connectivity index (χ1v) is 12.6. The van der Waals surface area contributed by atoms with Gasteiger partial charge >= 0.3 is 0 Å². The van der Waals surface area contributed by atoms with Crippen LogP contribution in [0.3, 0.4) is 0 Å². The maximum atomic E-state index is 3.91. The number of rotatable bonds is 8. The molecule has 0 amide bonds. The summed E-state index contributed by atoms with van der Waals surface area (Å²) >= 11 is 4.60. The summed E-state index contributed by atoms with van der Waals surface area (Å²) in [6.45, 7) is 8.71. The van der Waals surface area contributed by atoms with Crippen molar-refractivity contribution in [3.8, 4) is 0 Å². The summed E-state index contributed by atoms with van der Waals surface area (Å²) in [7, 11) is -1.02. The van der Waals surface area contributed by atoms with Crippen LogP contribution in [0.15, 0.2) is 43.0 Å². The highest BCUT2D eigenvalue weighted by molar-refractivity contribution is 8.21. The van der Waals surface area contributed by atoms with E-state index in [1.165, 1.54) is 43.2 Å². The summed E-state index contributed by atoms with van der Waals surface area (Å²) < 4.78 is 0.509. The van der Waals surface area contributed by atoms with E-state index in [1.54, 1.807) is 5.19 Å². The third-order valence-electron chi connectivity index (χ3n) is 4.31. The van der Waals surface area contributed by atoms with Gasteiger partial charge in [-0.1, -0.05) is 67.9 Å². The molecule has 0 radical (unpaired) electrons. The van der Waals surface area contributed by atoms with Crippen LogP contribution >= 0.6 is 23.5 Å². The Labute approximate surface area is 147 Å². The lowest BCUT2D eigenvalue weighted by molar-refractivity contribution is 0.596. The normalized spacial score (nSPS) is 19.0. The Kier molecular flexibility index (Phi) is 7.65. The molecule has 0 bridgehead atoms. The van der Waals surface area contributed by atoms with Gasteiger partial charge in [-0.15, -0.1) is 30.1 Å². The van der Waals surface area contributed by atoms with Crippen LogP contribution in [0, 0.1) is 5.92 Å². The first-order chi connectivity index (χ1) is 10.7. The SMILES string of the molecule is C=CCCC[SiH](c1ccccc1)C1(CC(C)C)SCCCS1. The molecule has 1 aromatic carbocycles. The van der Waals surface area contributed by atoms with Gasteiger partial charge in [-0.2, -0.15) is 0 Å². The molecule has 1 atom stereocenters. The molecular weight excluding hydrogens is 320 g/mol. The molecule has 22 heavy (non-hydrogen) atoms. The van der Waals surface area contributed by atoms with Gasteiger partial charge in [0.15, 0.2) is 0 Å². The van der Waals surface area contributed by atoms with Gasteiger partial charge in [0.2, 0.25) is 0 Å². The fourth-order valence-corrected chi connectivity index (χ4v) is 13.8. The summed E-state index contributed by atoms with van der Waals surface area (Å²) in [6, 6.07) is 12.9. The van der Waals surface area contributed by atoms with Crippen molar-refractivity contribution in [3.05, 3.63) is 43.0 Å². The standard InChI is InChI=1S/C19H30S2Si/c1-4-5-9-15-22(18-11-7-6-8-12-18)19(16-17(2)3)20-13-10-14-21-19/h4,6-8,11-12,17,22H,1,5,9-10,13-16H2,2-3H3. The van der Waals surface area contributed by atoms with E-state index in [1.807, 2.05) is 0 Å². The van der Waals surface area contributed by atoms with Crippen molar-refractivity contribution in [2.75, 3.05) is 11.5 Å². The van der Waals surface area contributed by atoms with Crippen molar-refractivity contribution in [3.63, 3.8) is 0 Å². The van der Waals surface area contributed by atoms with E-state index < -0.39 is 8.80 Å². The molecule has 0 spiro atoms. The van der Waals surface area contributed by atoms with Crippen molar-refractivity contribution < 1.29 is 0 Å². The van der Waals surface area contributed by atoms with Gasteiger partial charge in [0.1, 0.15) is 8.80 Å². The Balaban J connectivity index is 2.27. The summed E-state index contributed by atoms with van der Waals surface area (Å²) in [6.07, 6.45) is 7.34. The molecule has 1 unspecified atom stereocenters. The smallest absolute Gasteiger partial charge is 0.101 e. The van der Waals surface area contributed by atoms with Crippen molar-refractivity contribution >= 4 is 37.5 Å². The Morgan fingerprint density at radius 1 is 1.23 bits per heavy atom. The fraction of sp³-hybridized carbons (Fsp3) is 0.579. The number of allylic oxidation sites excluding steroid dienone is 1. The number of unbranched alkanes of at least 4 members (excludes halogenated alkanes) is 1. The molecule has 1 fully saturated rings. The van der Waals surface area contributed by atoms with E-state index in [2.05, 4.69) is 80.4 Å². The van der Waals surface area contributed by atoms with Crippen LogP contribution in [0.5, 0.6) is 0 Å². The third kappa shape index (κ3) is 4.94. The minimum absolute atomic E-state index is 0.509. The predicted octanol–water partition coefficient (Wildman–Crippen LogP) is 5.24. The van der Waals surface area contributed by atoms with E-state index in [9.17, 15) is 0 Å². The molecule has 1 aliphatic heterocycles. The van der Waals surface area contributed by atoms with Crippen molar-refractivity contribution in [2.24, 2.45) is 5.92 Å². The van der Waals surface area contributed by atoms with Crippen LogP contribution in [-0.4, -0.2) is 24.0 Å². The van der Waals surface area contributed by atoms with Crippen molar-refractivity contribution in [2.45, 2.75) is 49.3 Å². The quantitative estimate of drug-likeness (QED) is 0.357. The molecule has 3 heteroatoms.